The lowest BCUT2D eigenvalue weighted by Crippen LogP contribution is -2.51. The van der Waals surface area contributed by atoms with Gasteiger partial charge >= 0.3 is 0 Å². The second kappa shape index (κ2) is 7.88. The number of likely N-dealkylation sites (tertiary alicyclic amines) is 1. The summed E-state index contributed by atoms with van der Waals surface area (Å²) in [6.45, 7) is 1.57. The zero-order chi connectivity index (χ0) is 17.9. The summed E-state index contributed by atoms with van der Waals surface area (Å²) >= 11 is 12.8. The van der Waals surface area contributed by atoms with Crippen LogP contribution in [0.3, 0.4) is 0 Å². The number of piperidine rings is 1. The van der Waals surface area contributed by atoms with Crippen molar-refractivity contribution in [3.05, 3.63) is 71.3 Å². The fraction of sp³-hybridized carbons (Fsp3) is 0.350. The molecule has 0 bridgehead atoms. The molecule has 0 aromatic heterocycles. The van der Waals surface area contributed by atoms with Crippen molar-refractivity contribution >= 4 is 29.0 Å². The molecule has 0 spiro atoms. The number of ketones is 1. The van der Waals surface area contributed by atoms with Gasteiger partial charge in [-0.05, 0) is 18.4 Å². The van der Waals surface area contributed by atoms with Gasteiger partial charge in [-0.2, -0.15) is 0 Å². The smallest absolute Gasteiger partial charge is 0.193 e. The fourth-order valence-corrected chi connectivity index (χ4v) is 3.88. The Bertz CT molecular complexity index is 716. The number of alkyl halides is 2. The van der Waals surface area contributed by atoms with E-state index in [0.29, 0.717) is 17.5 Å². The molecule has 1 aliphatic heterocycles. The third-order valence-corrected chi connectivity index (χ3v) is 5.45. The van der Waals surface area contributed by atoms with Gasteiger partial charge in [-0.25, -0.2) is 0 Å². The van der Waals surface area contributed by atoms with Gasteiger partial charge in [0, 0.05) is 36.7 Å². The maximum absolute atomic E-state index is 12.4. The summed E-state index contributed by atoms with van der Waals surface area (Å²) < 4.78 is -0.888. The van der Waals surface area contributed by atoms with Crippen LogP contribution in [0.5, 0.6) is 0 Å². The van der Waals surface area contributed by atoms with E-state index >= 15 is 0 Å². The van der Waals surface area contributed by atoms with Crippen molar-refractivity contribution in [2.24, 2.45) is 5.73 Å². The summed E-state index contributed by atoms with van der Waals surface area (Å²) in [5, 5.41) is 0. The van der Waals surface area contributed by atoms with Gasteiger partial charge in [0.25, 0.3) is 0 Å². The molecule has 2 aromatic rings. The molecule has 1 saturated heterocycles. The van der Waals surface area contributed by atoms with Crippen LogP contribution < -0.4 is 5.73 Å². The average molecular weight is 377 g/mol. The van der Waals surface area contributed by atoms with Crippen LogP contribution in [0.2, 0.25) is 0 Å². The highest BCUT2D eigenvalue weighted by atomic mass is 35.5. The van der Waals surface area contributed by atoms with E-state index in [0.717, 1.165) is 31.5 Å². The number of carbonyl (C=O) groups is 1. The molecule has 1 fully saturated rings. The van der Waals surface area contributed by atoms with Gasteiger partial charge in [0.2, 0.25) is 0 Å². The van der Waals surface area contributed by atoms with Gasteiger partial charge in [0.15, 0.2) is 10.2 Å². The van der Waals surface area contributed by atoms with Crippen molar-refractivity contribution in [1.82, 2.24) is 4.90 Å². The van der Waals surface area contributed by atoms with E-state index in [1.807, 2.05) is 54.6 Å². The molecule has 5 heteroatoms. The van der Waals surface area contributed by atoms with E-state index in [1.54, 1.807) is 0 Å². The van der Waals surface area contributed by atoms with Crippen LogP contribution in [0.15, 0.2) is 54.6 Å². The molecule has 132 valence electrons. The largest absolute Gasteiger partial charge is 0.327 e. The van der Waals surface area contributed by atoms with Crippen molar-refractivity contribution in [3.8, 4) is 0 Å². The lowest BCUT2D eigenvalue weighted by atomic mass is 10.0. The maximum atomic E-state index is 12.4. The molecule has 1 heterocycles. The maximum Gasteiger partial charge on any atom is 0.193 e. The van der Waals surface area contributed by atoms with Crippen molar-refractivity contribution in [1.29, 1.82) is 0 Å². The topological polar surface area (TPSA) is 46.3 Å². The molecule has 2 N–H and O–H groups in total. The van der Waals surface area contributed by atoms with Gasteiger partial charge in [-0.15, -0.1) is 0 Å². The zero-order valence-corrected chi connectivity index (χ0v) is 15.5. The number of nitrogens with two attached hydrogens (primary N) is 1. The quantitative estimate of drug-likeness (QED) is 0.487. The number of benzene rings is 2. The molecule has 25 heavy (non-hydrogen) atoms. The molecule has 2 aromatic carbocycles. The summed E-state index contributed by atoms with van der Waals surface area (Å²) in [5.41, 5.74) is 8.50. The first-order chi connectivity index (χ1) is 12.0. The lowest BCUT2D eigenvalue weighted by Gasteiger charge is -2.40. The van der Waals surface area contributed by atoms with Gasteiger partial charge in [-0.3, -0.25) is 9.69 Å². The van der Waals surface area contributed by atoms with E-state index < -0.39 is 4.46 Å². The Morgan fingerprint density at radius 2 is 1.72 bits per heavy atom. The first kappa shape index (κ1) is 18.4. The highest BCUT2D eigenvalue weighted by Crippen LogP contribution is 2.35. The van der Waals surface area contributed by atoms with E-state index in [4.69, 9.17) is 28.9 Å². The van der Waals surface area contributed by atoms with Crippen LogP contribution in [0.1, 0.15) is 34.3 Å². The minimum Gasteiger partial charge on any atom is -0.327 e. The molecule has 0 saturated carbocycles. The highest BCUT2D eigenvalue weighted by Gasteiger charge is 2.37. The van der Waals surface area contributed by atoms with Crippen molar-refractivity contribution in [2.75, 3.05) is 13.1 Å². The molecule has 0 aliphatic carbocycles. The standard InChI is InChI=1S/C20H22Cl2N2O/c21-20(22)14-18(23)11-13-24(20)12-10-15-6-8-17(9-7-15)19(25)16-4-2-1-3-5-16/h1-9,18H,10-14,23H2. The Hall–Kier alpha value is -1.39. The third kappa shape index (κ3) is 4.62. The van der Waals surface area contributed by atoms with E-state index in [1.165, 1.54) is 0 Å². The summed E-state index contributed by atoms with van der Waals surface area (Å²) in [7, 11) is 0. The minimum absolute atomic E-state index is 0.0395. The Kier molecular flexibility index (Phi) is 5.80. The van der Waals surface area contributed by atoms with Crippen LogP contribution >= 0.6 is 23.2 Å². The monoisotopic (exact) mass is 376 g/mol. The molecule has 3 rings (SSSR count). The first-order valence-electron chi connectivity index (χ1n) is 8.53. The molecule has 0 radical (unpaired) electrons. The Morgan fingerprint density at radius 3 is 2.36 bits per heavy atom. The van der Waals surface area contributed by atoms with Gasteiger partial charge in [0.1, 0.15) is 0 Å². The SMILES string of the molecule is NC1CCN(CCc2ccc(C(=O)c3ccccc3)cc2)C(Cl)(Cl)C1. The van der Waals surface area contributed by atoms with Crippen molar-refractivity contribution < 1.29 is 4.79 Å². The van der Waals surface area contributed by atoms with Crippen molar-refractivity contribution in [2.45, 2.75) is 29.8 Å². The molecule has 0 amide bonds. The first-order valence-corrected chi connectivity index (χ1v) is 9.28. The number of rotatable bonds is 5. The minimum atomic E-state index is -0.888. The van der Waals surface area contributed by atoms with Crippen molar-refractivity contribution in [3.63, 3.8) is 0 Å². The number of hydrogen-bond acceptors (Lipinski definition) is 3. The third-order valence-electron chi connectivity index (χ3n) is 4.66. The Balaban J connectivity index is 1.61. The molecule has 1 atom stereocenters. The predicted octanol–water partition coefficient (Wildman–Crippen LogP) is 4.01. The summed E-state index contributed by atoms with van der Waals surface area (Å²) in [4.78, 5) is 14.5. The number of carbonyl (C=O) groups excluding carboxylic acids is 1. The van der Waals surface area contributed by atoms with Crippen LogP contribution in [0.25, 0.3) is 0 Å². The normalized spacial score (nSPS) is 20.4. The van der Waals surface area contributed by atoms with Crippen LogP contribution in [-0.2, 0) is 6.42 Å². The van der Waals surface area contributed by atoms with Crippen LogP contribution in [0, 0.1) is 0 Å². The van der Waals surface area contributed by atoms with Gasteiger partial charge < -0.3 is 5.73 Å². The van der Waals surface area contributed by atoms with E-state index in [9.17, 15) is 4.79 Å². The molecular weight excluding hydrogens is 355 g/mol. The highest BCUT2D eigenvalue weighted by molar-refractivity contribution is 6.48. The second-order valence-corrected chi connectivity index (χ2v) is 7.99. The molecule has 1 unspecified atom stereocenters. The predicted molar refractivity (Wildman–Crippen MR) is 103 cm³/mol. The Labute approximate surface area is 158 Å². The zero-order valence-electron chi connectivity index (χ0n) is 14.0. The fourth-order valence-electron chi connectivity index (χ4n) is 3.15. The summed E-state index contributed by atoms with van der Waals surface area (Å²) in [6, 6.07) is 17.1. The number of nitrogens with zero attached hydrogens (tertiary/aromatic N) is 1. The number of hydrogen-bond donors (Lipinski definition) is 1. The Morgan fingerprint density at radius 1 is 1.08 bits per heavy atom. The lowest BCUT2D eigenvalue weighted by molar-refractivity contribution is 0.103. The summed E-state index contributed by atoms with van der Waals surface area (Å²) in [5.74, 6) is 0.0395. The molecule has 3 nitrogen and oxygen atoms in total. The second-order valence-electron chi connectivity index (χ2n) is 6.55. The van der Waals surface area contributed by atoms with Crippen LogP contribution in [-0.4, -0.2) is 34.3 Å². The average Bonchev–Trinajstić information content (AvgIpc) is 2.61. The molecule has 1 aliphatic rings. The summed E-state index contributed by atoms with van der Waals surface area (Å²) in [6.07, 6.45) is 2.32. The van der Waals surface area contributed by atoms with Gasteiger partial charge in [-0.1, -0.05) is 77.8 Å². The number of halogens is 2. The van der Waals surface area contributed by atoms with Crippen LogP contribution in [0.4, 0.5) is 0 Å². The molecular formula is C20H22Cl2N2O. The van der Waals surface area contributed by atoms with E-state index in [2.05, 4.69) is 4.90 Å². The van der Waals surface area contributed by atoms with E-state index in [-0.39, 0.29) is 11.8 Å². The van der Waals surface area contributed by atoms with Gasteiger partial charge in [0.05, 0.1) is 0 Å².